The Morgan fingerprint density at radius 1 is 1.15 bits per heavy atom. The van der Waals surface area contributed by atoms with E-state index in [1.165, 1.54) is 42.7 Å². The molecule has 0 radical (unpaired) electrons. The first kappa shape index (κ1) is 24.6. The Hall–Kier alpha value is -3.06. The molecule has 1 amide bonds. The quantitative estimate of drug-likeness (QED) is 0.391. The summed E-state index contributed by atoms with van der Waals surface area (Å²) in [5.74, 6) is 6.75. The molecule has 0 atom stereocenters. The van der Waals surface area contributed by atoms with Crippen molar-refractivity contribution >= 4 is 11.8 Å². The SMILES string of the molecule is CCc1nc(/C(N)=C(\COC(=O)NCc2ccccc2)N(C)N)ccc1CC1CCCCC1. The maximum absolute atomic E-state index is 12.2. The molecule has 33 heavy (non-hydrogen) atoms. The van der Waals surface area contributed by atoms with E-state index in [4.69, 9.17) is 21.3 Å². The molecule has 5 N–H and O–H groups in total. The van der Waals surface area contributed by atoms with Crippen molar-refractivity contribution < 1.29 is 9.53 Å². The molecule has 2 aromatic rings. The third-order valence-electron chi connectivity index (χ3n) is 6.27. The Labute approximate surface area is 197 Å². The van der Waals surface area contributed by atoms with Crippen LogP contribution in [0, 0.1) is 5.92 Å². The van der Waals surface area contributed by atoms with Crippen LogP contribution in [-0.4, -0.2) is 29.7 Å². The minimum absolute atomic E-state index is 0.0492. The van der Waals surface area contributed by atoms with Crippen LogP contribution in [0.5, 0.6) is 0 Å². The molecular weight excluding hydrogens is 414 g/mol. The third-order valence-corrected chi connectivity index (χ3v) is 6.27. The molecule has 7 heteroatoms. The van der Waals surface area contributed by atoms with E-state index in [0.717, 1.165) is 30.0 Å². The highest BCUT2D eigenvalue weighted by Gasteiger charge is 2.18. The van der Waals surface area contributed by atoms with Crippen molar-refractivity contribution in [3.8, 4) is 0 Å². The van der Waals surface area contributed by atoms with Crippen LogP contribution in [0.3, 0.4) is 0 Å². The number of carbonyl (C=O) groups is 1. The zero-order valence-corrected chi connectivity index (χ0v) is 19.8. The lowest BCUT2D eigenvalue weighted by Crippen LogP contribution is -2.33. The zero-order valence-electron chi connectivity index (χ0n) is 19.8. The fourth-order valence-electron chi connectivity index (χ4n) is 4.35. The lowest BCUT2D eigenvalue weighted by Gasteiger charge is -2.23. The summed E-state index contributed by atoms with van der Waals surface area (Å²) in [4.78, 5) is 17.0. The van der Waals surface area contributed by atoms with Crippen molar-refractivity contribution in [1.29, 1.82) is 0 Å². The number of benzene rings is 1. The maximum Gasteiger partial charge on any atom is 0.407 e. The van der Waals surface area contributed by atoms with E-state index in [2.05, 4.69) is 18.3 Å². The largest absolute Gasteiger partial charge is 0.443 e. The molecule has 1 heterocycles. The first-order valence-corrected chi connectivity index (χ1v) is 11.9. The predicted molar refractivity (Wildman–Crippen MR) is 132 cm³/mol. The molecular formula is C26H37N5O2. The molecule has 1 aromatic carbocycles. The van der Waals surface area contributed by atoms with Gasteiger partial charge in [0.05, 0.1) is 17.1 Å². The van der Waals surface area contributed by atoms with E-state index >= 15 is 0 Å². The van der Waals surface area contributed by atoms with Gasteiger partial charge in [-0.25, -0.2) is 10.6 Å². The minimum atomic E-state index is -0.531. The highest BCUT2D eigenvalue weighted by atomic mass is 16.5. The van der Waals surface area contributed by atoms with Crippen LogP contribution in [0.2, 0.25) is 0 Å². The first-order chi connectivity index (χ1) is 16.0. The average Bonchev–Trinajstić information content (AvgIpc) is 2.84. The van der Waals surface area contributed by atoms with E-state index < -0.39 is 6.09 Å². The molecule has 0 aliphatic heterocycles. The van der Waals surface area contributed by atoms with Gasteiger partial charge in [-0.1, -0.05) is 75.4 Å². The monoisotopic (exact) mass is 451 g/mol. The average molecular weight is 452 g/mol. The second-order valence-corrected chi connectivity index (χ2v) is 8.75. The number of hydrogen-bond donors (Lipinski definition) is 3. The van der Waals surface area contributed by atoms with Gasteiger partial charge < -0.3 is 20.8 Å². The van der Waals surface area contributed by atoms with E-state index in [0.29, 0.717) is 23.6 Å². The highest BCUT2D eigenvalue weighted by Crippen LogP contribution is 2.28. The van der Waals surface area contributed by atoms with E-state index in [1.807, 2.05) is 36.4 Å². The molecule has 178 valence electrons. The van der Waals surface area contributed by atoms with Crippen molar-refractivity contribution in [2.75, 3.05) is 13.7 Å². The van der Waals surface area contributed by atoms with Crippen molar-refractivity contribution in [1.82, 2.24) is 15.3 Å². The molecule has 3 rings (SSSR count). The summed E-state index contributed by atoms with van der Waals surface area (Å²) < 4.78 is 5.37. The number of nitrogens with zero attached hydrogens (tertiary/aromatic N) is 2. The molecule has 0 unspecified atom stereocenters. The van der Waals surface area contributed by atoms with Crippen LogP contribution in [-0.2, 0) is 24.1 Å². The number of hydrogen-bond acceptors (Lipinski definition) is 6. The number of nitrogens with one attached hydrogen (secondary N) is 1. The number of amides is 1. The molecule has 0 saturated heterocycles. The Morgan fingerprint density at radius 2 is 1.88 bits per heavy atom. The van der Waals surface area contributed by atoms with Gasteiger partial charge in [-0.2, -0.15) is 0 Å². The Bertz CT molecular complexity index is 937. The molecule has 1 aromatic heterocycles. The molecule has 1 saturated carbocycles. The molecule has 1 aliphatic rings. The van der Waals surface area contributed by atoms with E-state index in [1.54, 1.807) is 7.05 Å². The number of carbonyl (C=O) groups excluding carboxylic acids is 1. The number of hydrazine groups is 1. The Morgan fingerprint density at radius 3 is 2.55 bits per heavy atom. The molecule has 1 aliphatic carbocycles. The van der Waals surface area contributed by atoms with Crippen LogP contribution in [0.15, 0.2) is 48.2 Å². The molecule has 1 fully saturated rings. The number of aromatic nitrogens is 1. The van der Waals surface area contributed by atoms with Crippen LogP contribution in [0.1, 0.15) is 61.5 Å². The topological polar surface area (TPSA) is 106 Å². The third kappa shape index (κ3) is 7.22. The van der Waals surface area contributed by atoms with Crippen molar-refractivity contribution in [2.45, 2.75) is 58.4 Å². The minimum Gasteiger partial charge on any atom is -0.443 e. The lowest BCUT2D eigenvalue weighted by molar-refractivity contribution is 0.147. The van der Waals surface area contributed by atoms with E-state index in [9.17, 15) is 4.79 Å². The predicted octanol–water partition coefficient (Wildman–Crippen LogP) is 4.13. The standard InChI is InChI=1S/C26H37N5O2/c1-3-22-21(16-19-10-6-4-7-11-19)14-15-23(30-22)25(27)24(31(2)28)18-33-26(32)29-17-20-12-8-5-9-13-20/h5,8-9,12-15,19H,3-4,6-7,10-11,16-18,27-28H2,1-2H3,(H,29,32)/b25-24-. The second-order valence-electron chi connectivity index (χ2n) is 8.75. The number of likely N-dealkylation sites (N-methyl/N-ethyl adjacent to an activating group) is 1. The Kier molecular flexibility index (Phi) is 9.13. The zero-order chi connectivity index (χ0) is 23.6. The number of pyridine rings is 1. The van der Waals surface area contributed by atoms with Gasteiger partial charge in [-0.05, 0) is 36.0 Å². The van der Waals surface area contributed by atoms with Crippen LogP contribution < -0.4 is 16.9 Å². The summed E-state index contributed by atoms with van der Waals surface area (Å²) >= 11 is 0. The smallest absolute Gasteiger partial charge is 0.407 e. The lowest BCUT2D eigenvalue weighted by atomic mass is 9.84. The number of rotatable bonds is 9. The van der Waals surface area contributed by atoms with Gasteiger partial charge in [0.15, 0.2) is 0 Å². The number of alkyl carbamates (subject to hydrolysis) is 1. The fourth-order valence-corrected chi connectivity index (χ4v) is 4.35. The molecule has 7 nitrogen and oxygen atoms in total. The summed E-state index contributed by atoms with van der Waals surface area (Å²) in [6, 6.07) is 13.7. The number of nitrogens with two attached hydrogens (primary N) is 2. The van der Waals surface area contributed by atoms with Crippen LogP contribution in [0.4, 0.5) is 4.79 Å². The normalized spacial score (nSPS) is 15.0. The van der Waals surface area contributed by atoms with Crippen molar-refractivity contribution in [2.24, 2.45) is 17.5 Å². The van der Waals surface area contributed by atoms with Crippen LogP contribution in [0.25, 0.3) is 5.70 Å². The summed E-state index contributed by atoms with van der Waals surface area (Å²) in [5.41, 5.74) is 11.4. The first-order valence-electron chi connectivity index (χ1n) is 11.9. The maximum atomic E-state index is 12.2. The number of ether oxygens (including phenoxy) is 1. The van der Waals surface area contributed by atoms with Gasteiger partial charge in [0.25, 0.3) is 0 Å². The molecule has 0 bridgehead atoms. The second kappa shape index (κ2) is 12.3. The summed E-state index contributed by atoms with van der Waals surface area (Å²) in [6.07, 6.45) is 8.02. The number of aryl methyl sites for hydroxylation is 1. The van der Waals surface area contributed by atoms with Gasteiger partial charge in [0.2, 0.25) is 0 Å². The fraction of sp³-hybridized carbons (Fsp3) is 0.462. The van der Waals surface area contributed by atoms with Crippen LogP contribution >= 0.6 is 0 Å². The molecule has 0 spiro atoms. The van der Waals surface area contributed by atoms with Gasteiger partial charge in [-0.3, -0.25) is 4.98 Å². The van der Waals surface area contributed by atoms with Crippen molar-refractivity contribution in [3.05, 3.63) is 70.7 Å². The van der Waals surface area contributed by atoms with Gasteiger partial charge in [-0.15, -0.1) is 0 Å². The summed E-state index contributed by atoms with van der Waals surface area (Å²) in [7, 11) is 1.67. The summed E-state index contributed by atoms with van der Waals surface area (Å²) in [5, 5.41) is 4.11. The van der Waals surface area contributed by atoms with Gasteiger partial charge in [0.1, 0.15) is 6.61 Å². The summed E-state index contributed by atoms with van der Waals surface area (Å²) in [6.45, 7) is 2.45. The van der Waals surface area contributed by atoms with E-state index in [-0.39, 0.29) is 6.61 Å². The van der Waals surface area contributed by atoms with Gasteiger partial charge in [0, 0.05) is 19.3 Å². The Balaban J connectivity index is 1.67. The highest BCUT2D eigenvalue weighted by molar-refractivity contribution is 5.68. The van der Waals surface area contributed by atoms with Gasteiger partial charge >= 0.3 is 6.09 Å². The van der Waals surface area contributed by atoms with Crippen molar-refractivity contribution in [3.63, 3.8) is 0 Å².